The SMILES string of the molecule is CC1(C)CC(C(C(=O)N2CCN(c3c(-c4ccccc4)cnc4[nH]ccc34)CC2)c2ccc(Cl)c(F)c2)CN1. The summed E-state index contributed by atoms with van der Waals surface area (Å²) in [5.74, 6) is -0.764. The average molecular weight is 546 g/mol. The van der Waals surface area contributed by atoms with E-state index in [9.17, 15) is 9.18 Å². The van der Waals surface area contributed by atoms with E-state index in [0.29, 0.717) is 31.7 Å². The maximum Gasteiger partial charge on any atom is 0.230 e. The minimum atomic E-state index is -0.483. The lowest BCUT2D eigenvalue weighted by molar-refractivity contribution is -0.134. The van der Waals surface area contributed by atoms with Crippen LogP contribution in [0.25, 0.3) is 22.2 Å². The standard InChI is InChI=1S/C31H33ClFN5O/c1-31(2)17-22(18-36-31)27(21-8-9-25(32)26(33)16-21)30(39)38-14-12-37(13-15-38)28-23-10-11-34-29(23)35-19-24(28)20-6-4-3-5-7-20/h3-11,16,19,22,27,36H,12-15,17-18H2,1-2H3,(H,34,35). The van der Waals surface area contributed by atoms with Gasteiger partial charge in [-0.3, -0.25) is 4.79 Å². The fraction of sp³-hybridized carbons (Fsp3) is 0.355. The Hall–Kier alpha value is -3.42. The summed E-state index contributed by atoms with van der Waals surface area (Å²) in [5, 5.41) is 4.69. The number of halogens is 2. The predicted octanol–water partition coefficient (Wildman–Crippen LogP) is 5.84. The van der Waals surface area contributed by atoms with E-state index < -0.39 is 11.7 Å². The molecule has 1 amide bonds. The zero-order valence-electron chi connectivity index (χ0n) is 22.3. The Morgan fingerprint density at radius 3 is 2.56 bits per heavy atom. The Bertz CT molecular complexity index is 1500. The number of carbonyl (C=O) groups is 1. The molecule has 39 heavy (non-hydrogen) atoms. The van der Waals surface area contributed by atoms with Crippen LogP contribution >= 0.6 is 11.6 Å². The Kier molecular flexibility index (Phi) is 6.81. The van der Waals surface area contributed by atoms with Gasteiger partial charge >= 0.3 is 0 Å². The molecule has 0 aliphatic carbocycles. The van der Waals surface area contributed by atoms with Gasteiger partial charge < -0.3 is 20.1 Å². The van der Waals surface area contributed by atoms with E-state index in [1.807, 2.05) is 35.5 Å². The van der Waals surface area contributed by atoms with Crippen LogP contribution in [0.1, 0.15) is 31.7 Å². The summed E-state index contributed by atoms with van der Waals surface area (Å²) in [6.45, 7) is 7.61. The first-order chi connectivity index (χ1) is 18.8. The predicted molar refractivity (Wildman–Crippen MR) is 155 cm³/mol. The number of hydrogen-bond acceptors (Lipinski definition) is 4. The number of aromatic amines is 1. The first-order valence-electron chi connectivity index (χ1n) is 13.6. The third-order valence-corrected chi connectivity index (χ3v) is 8.51. The number of nitrogens with zero attached hydrogens (tertiary/aromatic N) is 3. The molecule has 0 radical (unpaired) electrons. The highest BCUT2D eigenvalue weighted by molar-refractivity contribution is 6.30. The van der Waals surface area contributed by atoms with Crippen LogP contribution in [-0.4, -0.2) is 59.0 Å². The molecule has 2 unspecified atom stereocenters. The molecule has 2 saturated heterocycles. The van der Waals surface area contributed by atoms with E-state index in [1.54, 1.807) is 12.1 Å². The van der Waals surface area contributed by atoms with Crippen molar-refractivity contribution in [3.05, 3.63) is 83.4 Å². The van der Waals surface area contributed by atoms with Gasteiger partial charge in [0.05, 0.1) is 16.6 Å². The zero-order chi connectivity index (χ0) is 27.1. The number of rotatable bonds is 5. The highest BCUT2D eigenvalue weighted by atomic mass is 35.5. The van der Waals surface area contributed by atoms with Gasteiger partial charge in [0.15, 0.2) is 0 Å². The third-order valence-electron chi connectivity index (χ3n) is 8.21. The summed E-state index contributed by atoms with van der Waals surface area (Å²) in [7, 11) is 0. The summed E-state index contributed by atoms with van der Waals surface area (Å²) < 4.78 is 14.5. The Morgan fingerprint density at radius 2 is 1.87 bits per heavy atom. The van der Waals surface area contributed by atoms with Crippen LogP contribution in [0.15, 0.2) is 67.0 Å². The Labute approximate surface area is 233 Å². The molecule has 4 heterocycles. The molecule has 0 bridgehead atoms. The van der Waals surface area contributed by atoms with Gasteiger partial charge in [0.1, 0.15) is 11.5 Å². The molecule has 8 heteroatoms. The molecule has 2 aromatic carbocycles. The molecule has 4 aromatic rings. The second-order valence-corrected chi connectivity index (χ2v) is 11.7. The quantitative estimate of drug-likeness (QED) is 0.330. The van der Waals surface area contributed by atoms with E-state index in [2.05, 4.69) is 52.2 Å². The number of benzene rings is 2. The lowest BCUT2D eigenvalue weighted by Crippen LogP contribution is -2.51. The van der Waals surface area contributed by atoms with Crippen LogP contribution in [0.3, 0.4) is 0 Å². The van der Waals surface area contributed by atoms with Crippen molar-refractivity contribution in [3.63, 3.8) is 0 Å². The molecule has 2 fully saturated rings. The first-order valence-corrected chi connectivity index (χ1v) is 13.9. The maximum absolute atomic E-state index is 14.5. The molecule has 6 rings (SSSR count). The van der Waals surface area contributed by atoms with Crippen LogP contribution in [-0.2, 0) is 4.79 Å². The highest BCUT2D eigenvalue weighted by Gasteiger charge is 2.41. The van der Waals surface area contributed by atoms with E-state index in [-0.39, 0.29) is 22.4 Å². The number of nitrogens with one attached hydrogen (secondary N) is 2. The summed E-state index contributed by atoms with van der Waals surface area (Å²) >= 11 is 5.99. The molecule has 2 aliphatic rings. The molecule has 2 aromatic heterocycles. The molecule has 2 aliphatic heterocycles. The van der Waals surface area contributed by atoms with E-state index in [4.69, 9.17) is 11.6 Å². The van der Waals surface area contributed by atoms with Gasteiger partial charge in [0.2, 0.25) is 5.91 Å². The van der Waals surface area contributed by atoms with Crippen molar-refractivity contribution < 1.29 is 9.18 Å². The van der Waals surface area contributed by atoms with Crippen LogP contribution in [0.5, 0.6) is 0 Å². The molecule has 0 saturated carbocycles. The summed E-state index contributed by atoms with van der Waals surface area (Å²) in [5.41, 5.74) is 4.81. The lowest BCUT2D eigenvalue weighted by atomic mass is 9.81. The number of H-pyrrole nitrogens is 1. The van der Waals surface area contributed by atoms with E-state index in [0.717, 1.165) is 40.8 Å². The average Bonchev–Trinajstić information content (AvgIpc) is 3.56. The molecule has 6 nitrogen and oxygen atoms in total. The monoisotopic (exact) mass is 545 g/mol. The Balaban J connectivity index is 1.27. The van der Waals surface area contributed by atoms with Crippen LogP contribution in [0.2, 0.25) is 5.02 Å². The maximum atomic E-state index is 14.5. The van der Waals surface area contributed by atoms with Crippen molar-refractivity contribution in [1.82, 2.24) is 20.2 Å². The fourth-order valence-electron chi connectivity index (χ4n) is 6.28. The van der Waals surface area contributed by atoms with Gasteiger partial charge in [0, 0.05) is 55.1 Å². The second kappa shape index (κ2) is 10.3. The van der Waals surface area contributed by atoms with Gasteiger partial charge in [-0.1, -0.05) is 48.0 Å². The number of aromatic nitrogens is 2. The number of anilines is 1. The van der Waals surface area contributed by atoms with Crippen molar-refractivity contribution >= 4 is 34.2 Å². The summed E-state index contributed by atoms with van der Waals surface area (Å²) in [4.78, 5) is 26.3. The minimum absolute atomic E-state index is 0.0608. The number of amides is 1. The number of hydrogen-bond donors (Lipinski definition) is 2. The largest absolute Gasteiger partial charge is 0.367 e. The first kappa shape index (κ1) is 25.8. The molecular weight excluding hydrogens is 513 g/mol. The van der Waals surface area contributed by atoms with Gasteiger partial charge in [-0.05, 0) is 62.1 Å². The van der Waals surface area contributed by atoms with Gasteiger partial charge in [-0.15, -0.1) is 0 Å². The van der Waals surface area contributed by atoms with Crippen LogP contribution in [0, 0.1) is 11.7 Å². The van der Waals surface area contributed by atoms with E-state index in [1.165, 1.54) is 6.07 Å². The number of piperazine rings is 1. The molecule has 202 valence electrons. The normalized spacial score (nSPS) is 19.9. The summed E-state index contributed by atoms with van der Waals surface area (Å²) in [6.07, 6.45) is 4.69. The van der Waals surface area contributed by atoms with Crippen LogP contribution < -0.4 is 10.2 Å². The number of carbonyl (C=O) groups excluding carboxylic acids is 1. The number of pyridine rings is 1. The van der Waals surface area contributed by atoms with Crippen molar-refractivity contribution in [2.45, 2.75) is 31.7 Å². The molecule has 2 N–H and O–H groups in total. The van der Waals surface area contributed by atoms with Gasteiger partial charge in [-0.2, -0.15) is 0 Å². The highest BCUT2D eigenvalue weighted by Crippen LogP contribution is 2.39. The fourth-order valence-corrected chi connectivity index (χ4v) is 6.39. The lowest BCUT2D eigenvalue weighted by Gasteiger charge is -2.39. The van der Waals surface area contributed by atoms with Gasteiger partial charge in [-0.25, -0.2) is 9.37 Å². The molecule has 2 atom stereocenters. The minimum Gasteiger partial charge on any atom is -0.367 e. The number of fused-ring (bicyclic) bond motifs is 1. The van der Waals surface area contributed by atoms with Crippen molar-refractivity contribution in [2.75, 3.05) is 37.6 Å². The Morgan fingerprint density at radius 1 is 1.10 bits per heavy atom. The second-order valence-electron chi connectivity index (χ2n) is 11.3. The van der Waals surface area contributed by atoms with Crippen molar-refractivity contribution in [2.24, 2.45) is 5.92 Å². The van der Waals surface area contributed by atoms with Crippen molar-refractivity contribution in [1.29, 1.82) is 0 Å². The smallest absolute Gasteiger partial charge is 0.230 e. The van der Waals surface area contributed by atoms with Crippen LogP contribution in [0.4, 0.5) is 10.1 Å². The molecule has 0 spiro atoms. The molecular formula is C31H33ClFN5O. The topological polar surface area (TPSA) is 64.3 Å². The third kappa shape index (κ3) is 5.01. The van der Waals surface area contributed by atoms with Crippen molar-refractivity contribution in [3.8, 4) is 11.1 Å². The summed E-state index contributed by atoms with van der Waals surface area (Å²) in [6, 6.07) is 17.2. The van der Waals surface area contributed by atoms with E-state index >= 15 is 0 Å². The van der Waals surface area contributed by atoms with Gasteiger partial charge in [0.25, 0.3) is 0 Å². The zero-order valence-corrected chi connectivity index (χ0v) is 23.0.